The van der Waals surface area contributed by atoms with Crippen LogP contribution >= 0.6 is 0 Å². The number of pyridine rings is 2. The standard InChI is InChI=1S/C23H25N3O2/c1-14-8-9-24-20-7-6-17(10-19(14)20)18-11-21(28)22(25-12-18)15(2)26-13-23(4,5)16(3)27/h6-12,26-28H,2-3,13H2,1,4-5H3. The van der Waals surface area contributed by atoms with Crippen LogP contribution in [-0.2, 0) is 0 Å². The molecule has 0 unspecified atom stereocenters. The first-order chi connectivity index (χ1) is 13.2. The van der Waals surface area contributed by atoms with Gasteiger partial charge in [-0.05, 0) is 42.3 Å². The van der Waals surface area contributed by atoms with E-state index < -0.39 is 5.41 Å². The number of nitrogens with zero attached hydrogens (tertiary/aromatic N) is 2. The molecule has 3 rings (SSSR count). The molecule has 0 amide bonds. The summed E-state index contributed by atoms with van der Waals surface area (Å²) in [7, 11) is 0. The predicted octanol–water partition coefficient (Wildman–Crippen LogP) is 4.97. The van der Waals surface area contributed by atoms with E-state index in [1.165, 1.54) is 0 Å². The number of fused-ring (bicyclic) bond motifs is 1. The zero-order valence-electron chi connectivity index (χ0n) is 16.5. The van der Waals surface area contributed by atoms with Crippen molar-refractivity contribution >= 4 is 16.6 Å². The highest BCUT2D eigenvalue weighted by Gasteiger charge is 2.22. The molecule has 0 spiro atoms. The van der Waals surface area contributed by atoms with Crippen LogP contribution in [0, 0.1) is 12.3 Å². The highest BCUT2D eigenvalue weighted by Crippen LogP contribution is 2.30. The van der Waals surface area contributed by atoms with Crippen LogP contribution < -0.4 is 5.32 Å². The number of aromatic nitrogens is 2. The van der Waals surface area contributed by atoms with Gasteiger partial charge in [-0.3, -0.25) is 9.97 Å². The number of rotatable bonds is 6. The van der Waals surface area contributed by atoms with E-state index in [1.54, 1.807) is 18.5 Å². The van der Waals surface area contributed by atoms with Gasteiger partial charge in [-0.2, -0.15) is 0 Å². The topological polar surface area (TPSA) is 78.3 Å². The Bertz CT molecular complexity index is 1070. The summed E-state index contributed by atoms with van der Waals surface area (Å²) in [4.78, 5) is 8.77. The van der Waals surface area contributed by atoms with Crippen molar-refractivity contribution in [3.8, 4) is 16.9 Å². The minimum absolute atomic E-state index is 0.0404. The van der Waals surface area contributed by atoms with E-state index in [9.17, 15) is 10.2 Å². The van der Waals surface area contributed by atoms with Crippen LogP contribution in [0.5, 0.6) is 5.75 Å². The largest absolute Gasteiger partial charge is 0.512 e. The molecule has 2 heterocycles. The van der Waals surface area contributed by atoms with E-state index >= 15 is 0 Å². The maximum atomic E-state index is 10.5. The smallest absolute Gasteiger partial charge is 0.143 e. The molecule has 0 saturated carbocycles. The third-order valence-corrected chi connectivity index (χ3v) is 4.97. The molecule has 0 saturated heterocycles. The van der Waals surface area contributed by atoms with Crippen LogP contribution in [0.1, 0.15) is 25.1 Å². The molecule has 0 bridgehead atoms. The van der Waals surface area contributed by atoms with Crippen LogP contribution in [0.2, 0.25) is 0 Å². The molecule has 0 aliphatic carbocycles. The highest BCUT2D eigenvalue weighted by molar-refractivity contribution is 5.87. The van der Waals surface area contributed by atoms with Crippen molar-refractivity contribution in [1.82, 2.24) is 15.3 Å². The number of aryl methyl sites for hydroxylation is 1. The van der Waals surface area contributed by atoms with Gasteiger partial charge >= 0.3 is 0 Å². The minimum atomic E-state index is -0.518. The zero-order valence-corrected chi connectivity index (χ0v) is 16.5. The second-order valence-electron chi connectivity index (χ2n) is 7.61. The van der Waals surface area contributed by atoms with Gasteiger partial charge in [-0.15, -0.1) is 0 Å². The van der Waals surface area contributed by atoms with Gasteiger partial charge in [0, 0.05) is 35.3 Å². The van der Waals surface area contributed by atoms with Crippen LogP contribution in [-0.4, -0.2) is 26.7 Å². The fraction of sp³-hybridized carbons (Fsp3) is 0.217. The minimum Gasteiger partial charge on any atom is -0.512 e. The quantitative estimate of drug-likeness (QED) is 0.530. The van der Waals surface area contributed by atoms with Crippen LogP contribution in [0.15, 0.2) is 61.6 Å². The van der Waals surface area contributed by atoms with E-state index in [-0.39, 0.29) is 11.5 Å². The van der Waals surface area contributed by atoms with Gasteiger partial charge < -0.3 is 15.5 Å². The van der Waals surface area contributed by atoms with Crippen molar-refractivity contribution in [2.75, 3.05) is 6.54 Å². The second kappa shape index (κ2) is 7.35. The lowest BCUT2D eigenvalue weighted by Gasteiger charge is -2.24. The number of aliphatic hydroxyl groups excluding tert-OH is 1. The molecule has 0 aliphatic heterocycles. The van der Waals surface area contributed by atoms with Crippen molar-refractivity contribution in [1.29, 1.82) is 0 Å². The Balaban J connectivity index is 1.85. The first-order valence-electron chi connectivity index (χ1n) is 9.05. The maximum absolute atomic E-state index is 10.5. The molecule has 5 nitrogen and oxygen atoms in total. The Morgan fingerprint density at radius 1 is 1.11 bits per heavy atom. The van der Waals surface area contributed by atoms with Gasteiger partial charge in [-0.1, -0.05) is 33.1 Å². The summed E-state index contributed by atoms with van der Waals surface area (Å²) in [6.07, 6.45) is 3.51. The zero-order chi connectivity index (χ0) is 20.5. The van der Waals surface area contributed by atoms with Gasteiger partial charge in [0.15, 0.2) is 0 Å². The Labute approximate surface area is 165 Å². The summed E-state index contributed by atoms with van der Waals surface area (Å²) in [6, 6.07) is 9.64. The lowest BCUT2D eigenvalue weighted by Crippen LogP contribution is -2.29. The van der Waals surface area contributed by atoms with E-state index in [4.69, 9.17) is 0 Å². The summed E-state index contributed by atoms with van der Waals surface area (Å²) in [6.45, 7) is 13.7. The molecule has 28 heavy (non-hydrogen) atoms. The first kappa shape index (κ1) is 19.4. The first-order valence-corrected chi connectivity index (χ1v) is 9.05. The molecular formula is C23H25N3O2. The number of nitrogens with one attached hydrogen (secondary N) is 1. The number of hydrogen-bond acceptors (Lipinski definition) is 5. The second-order valence-corrected chi connectivity index (χ2v) is 7.61. The summed E-state index contributed by atoms with van der Waals surface area (Å²) in [5.74, 6) is 0.125. The molecule has 0 radical (unpaired) electrons. The SMILES string of the molecule is C=C(NCC(C)(C)C(=C)O)c1ncc(-c2ccc3nccc(C)c3c2)cc1O. The monoisotopic (exact) mass is 375 g/mol. The fourth-order valence-corrected chi connectivity index (χ4v) is 2.82. The van der Waals surface area contributed by atoms with Crippen molar-refractivity contribution in [3.63, 3.8) is 0 Å². The summed E-state index contributed by atoms with van der Waals surface area (Å²) < 4.78 is 0. The third kappa shape index (κ3) is 3.83. The Morgan fingerprint density at radius 2 is 1.86 bits per heavy atom. The number of aliphatic hydroxyl groups is 1. The van der Waals surface area contributed by atoms with E-state index in [2.05, 4.69) is 34.5 Å². The lowest BCUT2D eigenvalue weighted by atomic mass is 9.91. The third-order valence-electron chi connectivity index (χ3n) is 4.97. The summed E-state index contributed by atoms with van der Waals surface area (Å²) >= 11 is 0. The van der Waals surface area contributed by atoms with E-state index in [0.717, 1.165) is 27.6 Å². The maximum Gasteiger partial charge on any atom is 0.143 e. The van der Waals surface area contributed by atoms with Gasteiger partial charge in [0.25, 0.3) is 0 Å². The van der Waals surface area contributed by atoms with Gasteiger partial charge in [0.2, 0.25) is 0 Å². The fourth-order valence-electron chi connectivity index (χ4n) is 2.82. The Morgan fingerprint density at radius 3 is 2.54 bits per heavy atom. The normalized spacial score (nSPS) is 11.4. The van der Waals surface area contributed by atoms with Crippen molar-refractivity contribution < 1.29 is 10.2 Å². The van der Waals surface area contributed by atoms with Crippen molar-refractivity contribution in [2.24, 2.45) is 5.41 Å². The molecule has 3 aromatic rings. The van der Waals surface area contributed by atoms with Crippen LogP contribution in [0.3, 0.4) is 0 Å². The van der Waals surface area contributed by atoms with E-state index in [0.29, 0.717) is 17.9 Å². The van der Waals surface area contributed by atoms with Gasteiger partial charge in [0.1, 0.15) is 11.4 Å². The van der Waals surface area contributed by atoms with E-state index in [1.807, 2.05) is 39.0 Å². The van der Waals surface area contributed by atoms with Crippen molar-refractivity contribution in [3.05, 3.63) is 72.9 Å². The van der Waals surface area contributed by atoms with Gasteiger partial charge in [-0.25, -0.2) is 0 Å². The number of benzene rings is 1. The average molecular weight is 375 g/mol. The molecule has 1 aromatic carbocycles. The Kier molecular flexibility index (Phi) is 5.10. The molecule has 0 aliphatic rings. The van der Waals surface area contributed by atoms with Crippen molar-refractivity contribution in [2.45, 2.75) is 20.8 Å². The Hall–Kier alpha value is -3.34. The van der Waals surface area contributed by atoms with Crippen LogP contribution in [0.4, 0.5) is 0 Å². The van der Waals surface area contributed by atoms with Crippen LogP contribution in [0.25, 0.3) is 27.7 Å². The molecule has 2 aromatic heterocycles. The van der Waals surface area contributed by atoms with Gasteiger partial charge in [0.05, 0.1) is 17.0 Å². The molecule has 5 heteroatoms. The summed E-state index contributed by atoms with van der Waals surface area (Å²) in [5.41, 5.74) is 4.18. The summed E-state index contributed by atoms with van der Waals surface area (Å²) in [5, 5.41) is 24.3. The predicted molar refractivity (Wildman–Crippen MR) is 114 cm³/mol. The number of aromatic hydroxyl groups is 1. The molecule has 0 atom stereocenters. The molecule has 144 valence electrons. The number of hydrogen-bond donors (Lipinski definition) is 3. The lowest BCUT2D eigenvalue weighted by molar-refractivity contribution is 0.259. The molecule has 3 N–H and O–H groups in total. The molecular weight excluding hydrogens is 350 g/mol. The average Bonchev–Trinajstić information content (AvgIpc) is 2.66. The molecule has 0 fully saturated rings. The highest BCUT2D eigenvalue weighted by atomic mass is 16.3.